The average molecular weight is 379 g/mol. The lowest BCUT2D eigenvalue weighted by Crippen LogP contribution is -2.27. The van der Waals surface area contributed by atoms with Crippen molar-refractivity contribution in [2.75, 3.05) is 13.1 Å². The molecule has 6 heteroatoms. The van der Waals surface area contributed by atoms with Gasteiger partial charge in [0, 0.05) is 41.8 Å². The highest BCUT2D eigenvalue weighted by atomic mass is 16.2. The maximum atomic E-state index is 12.8. The summed E-state index contributed by atoms with van der Waals surface area (Å²) in [7, 11) is 0. The SMILES string of the molecule is O=C(c1ccc2nc3c4ncccc4c4cccnc4c3nc2c1)N1CCCC1. The number of benzene rings is 2. The van der Waals surface area contributed by atoms with Gasteiger partial charge in [0.25, 0.3) is 5.91 Å². The Hall–Kier alpha value is -3.67. The Morgan fingerprint density at radius 3 is 2.03 bits per heavy atom. The summed E-state index contributed by atoms with van der Waals surface area (Å²) < 4.78 is 0. The average Bonchev–Trinajstić information content (AvgIpc) is 3.32. The molecule has 140 valence electrons. The minimum Gasteiger partial charge on any atom is -0.339 e. The van der Waals surface area contributed by atoms with E-state index in [4.69, 9.17) is 9.97 Å². The van der Waals surface area contributed by atoms with Gasteiger partial charge in [0.2, 0.25) is 0 Å². The summed E-state index contributed by atoms with van der Waals surface area (Å²) in [4.78, 5) is 33.6. The molecule has 3 aromatic heterocycles. The van der Waals surface area contributed by atoms with E-state index in [0.717, 1.165) is 58.8 Å². The second kappa shape index (κ2) is 6.17. The van der Waals surface area contributed by atoms with Crippen LogP contribution in [-0.4, -0.2) is 43.8 Å². The number of aromatic nitrogens is 4. The normalized spacial score (nSPS) is 14.4. The molecule has 2 aromatic carbocycles. The summed E-state index contributed by atoms with van der Waals surface area (Å²) >= 11 is 0. The molecule has 4 heterocycles. The van der Waals surface area contributed by atoms with E-state index in [1.807, 2.05) is 47.4 Å². The number of likely N-dealkylation sites (tertiary alicyclic amines) is 1. The zero-order chi connectivity index (χ0) is 19.4. The first-order chi connectivity index (χ1) is 14.3. The van der Waals surface area contributed by atoms with Crippen molar-refractivity contribution >= 4 is 49.8 Å². The highest BCUT2D eigenvalue weighted by Crippen LogP contribution is 2.31. The Morgan fingerprint density at radius 1 is 0.759 bits per heavy atom. The molecular formula is C23H17N5O. The number of rotatable bonds is 1. The number of hydrogen-bond acceptors (Lipinski definition) is 5. The van der Waals surface area contributed by atoms with Gasteiger partial charge in [0.05, 0.1) is 22.1 Å². The van der Waals surface area contributed by atoms with Gasteiger partial charge in [-0.2, -0.15) is 0 Å². The Kier molecular flexibility index (Phi) is 3.47. The highest BCUT2D eigenvalue weighted by molar-refractivity contribution is 6.21. The second-order valence-electron chi connectivity index (χ2n) is 7.42. The third-order valence-corrected chi connectivity index (χ3v) is 5.66. The molecule has 0 bridgehead atoms. The summed E-state index contributed by atoms with van der Waals surface area (Å²) in [5.74, 6) is 0.0643. The van der Waals surface area contributed by atoms with E-state index in [1.165, 1.54) is 0 Å². The number of amides is 1. The molecule has 0 atom stereocenters. The molecule has 1 saturated heterocycles. The molecule has 0 unspecified atom stereocenters. The van der Waals surface area contributed by atoms with Crippen molar-refractivity contribution < 1.29 is 4.79 Å². The third kappa shape index (κ3) is 2.45. The van der Waals surface area contributed by atoms with Crippen molar-refractivity contribution in [2.24, 2.45) is 0 Å². The quantitative estimate of drug-likeness (QED) is 0.324. The van der Waals surface area contributed by atoms with Crippen molar-refractivity contribution in [2.45, 2.75) is 12.8 Å². The minimum absolute atomic E-state index is 0.0643. The van der Waals surface area contributed by atoms with Gasteiger partial charge in [-0.3, -0.25) is 14.8 Å². The summed E-state index contributed by atoms with van der Waals surface area (Å²) in [5, 5.41) is 2.01. The fourth-order valence-electron chi connectivity index (χ4n) is 4.24. The number of nitrogens with zero attached hydrogens (tertiary/aromatic N) is 5. The summed E-state index contributed by atoms with van der Waals surface area (Å²) in [6, 6.07) is 13.5. The third-order valence-electron chi connectivity index (χ3n) is 5.66. The number of hydrogen-bond donors (Lipinski definition) is 0. The van der Waals surface area contributed by atoms with E-state index >= 15 is 0 Å². The van der Waals surface area contributed by atoms with Crippen molar-refractivity contribution in [1.29, 1.82) is 0 Å². The van der Waals surface area contributed by atoms with Crippen LogP contribution in [-0.2, 0) is 0 Å². The van der Waals surface area contributed by atoms with Gasteiger partial charge in [0.15, 0.2) is 0 Å². The number of pyridine rings is 2. The lowest BCUT2D eigenvalue weighted by atomic mass is 10.1. The Labute approximate surface area is 166 Å². The first-order valence-corrected chi connectivity index (χ1v) is 9.82. The molecule has 0 N–H and O–H groups in total. The molecule has 6 nitrogen and oxygen atoms in total. The van der Waals surface area contributed by atoms with Crippen LogP contribution < -0.4 is 0 Å². The van der Waals surface area contributed by atoms with Crippen molar-refractivity contribution in [3.05, 3.63) is 60.4 Å². The summed E-state index contributed by atoms with van der Waals surface area (Å²) in [6.07, 6.45) is 5.68. The first kappa shape index (κ1) is 16.3. The van der Waals surface area contributed by atoms with Crippen LogP contribution in [0.2, 0.25) is 0 Å². The maximum Gasteiger partial charge on any atom is 0.253 e. The number of carbonyl (C=O) groups is 1. The molecule has 29 heavy (non-hydrogen) atoms. The molecular weight excluding hydrogens is 362 g/mol. The minimum atomic E-state index is 0.0643. The van der Waals surface area contributed by atoms with Gasteiger partial charge in [-0.1, -0.05) is 12.1 Å². The van der Waals surface area contributed by atoms with E-state index in [-0.39, 0.29) is 5.91 Å². The molecule has 5 aromatic rings. The number of fused-ring (bicyclic) bond motifs is 7. The first-order valence-electron chi connectivity index (χ1n) is 9.82. The number of carbonyl (C=O) groups excluding carboxylic acids is 1. The summed E-state index contributed by atoms with van der Waals surface area (Å²) in [6.45, 7) is 1.65. The zero-order valence-corrected chi connectivity index (χ0v) is 15.7. The molecule has 1 aliphatic rings. The van der Waals surface area contributed by atoms with Gasteiger partial charge in [-0.25, -0.2) is 9.97 Å². The lowest BCUT2D eigenvalue weighted by Gasteiger charge is -2.15. The lowest BCUT2D eigenvalue weighted by molar-refractivity contribution is 0.0793. The van der Waals surface area contributed by atoms with Gasteiger partial charge in [-0.15, -0.1) is 0 Å². The van der Waals surface area contributed by atoms with Gasteiger partial charge in [-0.05, 0) is 43.2 Å². The molecule has 1 aliphatic heterocycles. The topological polar surface area (TPSA) is 71.9 Å². The van der Waals surface area contributed by atoms with E-state index in [2.05, 4.69) is 9.97 Å². The van der Waals surface area contributed by atoms with Gasteiger partial charge < -0.3 is 4.90 Å². The van der Waals surface area contributed by atoms with Gasteiger partial charge in [0.1, 0.15) is 11.0 Å². The molecule has 0 radical (unpaired) electrons. The van der Waals surface area contributed by atoms with Crippen LogP contribution in [0, 0.1) is 0 Å². The van der Waals surface area contributed by atoms with Crippen LogP contribution in [0.25, 0.3) is 43.9 Å². The molecule has 1 amide bonds. The van der Waals surface area contributed by atoms with Crippen LogP contribution >= 0.6 is 0 Å². The predicted octanol–water partition coefficient (Wildman–Crippen LogP) is 4.12. The van der Waals surface area contributed by atoms with E-state index in [1.54, 1.807) is 12.4 Å². The predicted molar refractivity (Wildman–Crippen MR) is 113 cm³/mol. The maximum absolute atomic E-state index is 12.8. The fraction of sp³-hybridized carbons (Fsp3) is 0.174. The van der Waals surface area contributed by atoms with Crippen LogP contribution in [0.1, 0.15) is 23.2 Å². The Bertz CT molecular complexity index is 1440. The van der Waals surface area contributed by atoms with E-state index < -0.39 is 0 Å². The Balaban J connectivity index is 1.65. The van der Waals surface area contributed by atoms with Crippen LogP contribution in [0.15, 0.2) is 54.9 Å². The molecule has 1 fully saturated rings. The second-order valence-corrected chi connectivity index (χ2v) is 7.42. The van der Waals surface area contributed by atoms with Crippen molar-refractivity contribution in [1.82, 2.24) is 24.8 Å². The molecule has 0 spiro atoms. The summed E-state index contributed by atoms with van der Waals surface area (Å²) in [5.41, 5.74) is 5.16. The Morgan fingerprint density at radius 2 is 1.38 bits per heavy atom. The molecule has 6 rings (SSSR count). The fourth-order valence-corrected chi connectivity index (χ4v) is 4.24. The monoisotopic (exact) mass is 379 g/mol. The highest BCUT2D eigenvalue weighted by Gasteiger charge is 2.20. The van der Waals surface area contributed by atoms with Gasteiger partial charge >= 0.3 is 0 Å². The van der Waals surface area contributed by atoms with Crippen LogP contribution in [0.4, 0.5) is 0 Å². The zero-order valence-electron chi connectivity index (χ0n) is 15.7. The molecule has 0 saturated carbocycles. The van der Waals surface area contributed by atoms with Crippen molar-refractivity contribution in [3.63, 3.8) is 0 Å². The molecule has 0 aliphatic carbocycles. The smallest absolute Gasteiger partial charge is 0.253 e. The van der Waals surface area contributed by atoms with E-state index in [9.17, 15) is 4.79 Å². The van der Waals surface area contributed by atoms with E-state index in [0.29, 0.717) is 16.6 Å². The largest absolute Gasteiger partial charge is 0.339 e. The van der Waals surface area contributed by atoms with Crippen LogP contribution in [0.5, 0.6) is 0 Å². The van der Waals surface area contributed by atoms with Crippen LogP contribution in [0.3, 0.4) is 0 Å². The van der Waals surface area contributed by atoms with Crippen molar-refractivity contribution in [3.8, 4) is 0 Å². The standard InChI is InChI=1S/C23H17N5O/c29-23(28-11-1-2-12-28)14-7-8-17-18(13-14)27-22-20-16(6-4-10-25-20)15-5-3-9-24-19(15)21(22)26-17/h3-10,13H,1-2,11-12H2.